The van der Waals surface area contributed by atoms with E-state index in [0.29, 0.717) is 29.8 Å². The summed E-state index contributed by atoms with van der Waals surface area (Å²) in [5.41, 5.74) is 0.220. The Morgan fingerprint density at radius 2 is 2.00 bits per heavy atom. The zero-order valence-electron chi connectivity index (χ0n) is 18.8. The number of methoxy groups -OCH3 is 1. The molecule has 0 bridgehead atoms. The Bertz CT molecular complexity index is 1320. The fourth-order valence-corrected chi connectivity index (χ4v) is 7.64. The summed E-state index contributed by atoms with van der Waals surface area (Å²) in [6.07, 6.45) is 1.42. The standard InChI is InChI=1S/C24H22FN3O5S/c1-10-11(2)34-21(16(10)22(31)33-3)28-19(29)17-15-5-4-8-27(15)24(18(17)20(28)30)13-9-12(25)6-7-14(13)26-23(24)32/h6-7,9,15,17-18H,4-5,8H2,1-3H3,(H,26,32). The number of fused-ring (bicyclic) bond motifs is 7. The van der Waals surface area contributed by atoms with Crippen LogP contribution in [0.15, 0.2) is 18.2 Å². The van der Waals surface area contributed by atoms with Crippen LogP contribution >= 0.6 is 11.3 Å². The molecule has 1 aromatic heterocycles. The first kappa shape index (κ1) is 21.4. The second kappa shape index (κ2) is 6.96. The van der Waals surface area contributed by atoms with Gasteiger partial charge in [-0.1, -0.05) is 0 Å². The summed E-state index contributed by atoms with van der Waals surface area (Å²) in [4.78, 5) is 57.9. The number of carbonyl (C=O) groups is 4. The van der Waals surface area contributed by atoms with E-state index in [1.165, 1.54) is 36.6 Å². The number of halogens is 1. The highest BCUT2D eigenvalue weighted by molar-refractivity contribution is 7.17. The normalized spacial score (nSPS) is 29.6. The zero-order valence-corrected chi connectivity index (χ0v) is 19.6. The van der Waals surface area contributed by atoms with E-state index in [1.54, 1.807) is 6.92 Å². The molecule has 3 saturated heterocycles. The lowest BCUT2D eigenvalue weighted by molar-refractivity contribution is -0.135. The smallest absolute Gasteiger partial charge is 0.341 e. The van der Waals surface area contributed by atoms with Gasteiger partial charge in [-0.15, -0.1) is 11.3 Å². The van der Waals surface area contributed by atoms with Crippen LogP contribution in [-0.2, 0) is 24.7 Å². The average Bonchev–Trinajstić information content (AvgIpc) is 3.56. The van der Waals surface area contributed by atoms with Gasteiger partial charge < -0.3 is 10.1 Å². The largest absolute Gasteiger partial charge is 0.465 e. The minimum atomic E-state index is -1.46. The molecule has 4 aliphatic rings. The molecule has 3 fully saturated rings. The molecular formula is C24H22FN3O5S. The molecule has 0 radical (unpaired) electrons. The molecule has 4 aliphatic heterocycles. The van der Waals surface area contributed by atoms with Crippen molar-refractivity contribution in [2.45, 2.75) is 38.3 Å². The van der Waals surface area contributed by atoms with Crippen molar-refractivity contribution in [3.8, 4) is 0 Å². The predicted molar refractivity (Wildman–Crippen MR) is 121 cm³/mol. The summed E-state index contributed by atoms with van der Waals surface area (Å²) in [5, 5.41) is 3.05. The maximum absolute atomic E-state index is 14.4. The minimum Gasteiger partial charge on any atom is -0.465 e. The topological polar surface area (TPSA) is 96.0 Å². The fourth-order valence-electron chi connectivity index (χ4n) is 6.48. The number of amides is 3. The number of imide groups is 1. The molecule has 4 unspecified atom stereocenters. The second-order valence-corrected chi connectivity index (χ2v) is 10.5. The Hall–Kier alpha value is -3.11. The molecule has 176 valence electrons. The zero-order chi connectivity index (χ0) is 24.1. The van der Waals surface area contributed by atoms with Crippen molar-refractivity contribution in [3.05, 3.63) is 45.6 Å². The Morgan fingerprint density at radius 1 is 1.24 bits per heavy atom. The molecule has 5 heterocycles. The molecule has 1 aromatic carbocycles. The molecule has 8 nitrogen and oxygen atoms in total. The van der Waals surface area contributed by atoms with Crippen molar-refractivity contribution in [1.29, 1.82) is 0 Å². The molecule has 10 heteroatoms. The Morgan fingerprint density at radius 3 is 2.74 bits per heavy atom. The summed E-state index contributed by atoms with van der Waals surface area (Å²) in [7, 11) is 1.25. The highest BCUT2D eigenvalue weighted by atomic mass is 32.1. The van der Waals surface area contributed by atoms with Crippen molar-refractivity contribution in [3.63, 3.8) is 0 Å². The van der Waals surface area contributed by atoms with Gasteiger partial charge in [-0.3, -0.25) is 19.3 Å². The third-order valence-electron chi connectivity index (χ3n) is 7.91. The number of benzene rings is 1. The van der Waals surface area contributed by atoms with Crippen LogP contribution in [-0.4, -0.2) is 48.3 Å². The molecular weight excluding hydrogens is 461 g/mol. The highest BCUT2D eigenvalue weighted by Gasteiger charge is 2.75. The summed E-state index contributed by atoms with van der Waals surface area (Å²) < 4.78 is 19.3. The Kier molecular flexibility index (Phi) is 4.38. The molecule has 3 amide bonds. The first-order valence-corrected chi connectivity index (χ1v) is 12.0. The van der Waals surface area contributed by atoms with Gasteiger partial charge >= 0.3 is 5.97 Å². The van der Waals surface area contributed by atoms with Gasteiger partial charge in [0.15, 0.2) is 0 Å². The lowest BCUT2D eigenvalue weighted by atomic mass is 9.75. The fraction of sp³-hybridized carbons (Fsp3) is 0.417. The van der Waals surface area contributed by atoms with Crippen LogP contribution in [0.25, 0.3) is 0 Å². The third-order valence-corrected chi connectivity index (χ3v) is 9.11. The van der Waals surface area contributed by atoms with Gasteiger partial charge in [0.25, 0.3) is 0 Å². The summed E-state index contributed by atoms with van der Waals surface area (Å²) in [6, 6.07) is 3.73. The van der Waals surface area contributed by atoms with E-state index in [1.807, 2.05) is 11.8 Å². The number of thiophene rings is 1. The number of hydrogen-bond acceptors (Lipinski definition) is 7. The first-order chi connectivity index (χ1) is 16.2. The predicted octanol–water partition coefficient (Wildman–Crippen LogP) is 2.72. The maximum Gasteiger partial charge on any atom is 0.341 e. The second-order valence-electron chi connectivity index (χ2n) is 9.28. The quantitative estimate of drug-likeness (QED) is 0.521. The van der Waals surface area contributed by atoms with Gasteiger partial charge in [0.05, 0.1) is 24.5 Å². The van der Waals surface area contributed by atoms with E-state index in [-0.39, 0.29) is 16.6 Å². The first-order valence-electron chi connectivity index (χ1n) is 11.2. The summed E-state index contributed by atoms with van der Waals surface area (Å²) >= 11 is 1.18. The van der Waals surface area contributed by atoms with E-state index in [4.69, 9.17) is 4.74 Å². The van der Waals surface area contributed by atoms with Crippen molar-refractivity contribution < 1.29 is 28.3 Å². The van der Waals surface area contributed by atoms with Crippen LogP contribution in [0.1, 0.15) is 39.2 Å². The number of carbonyl (C=O) groups excluding carboxylic acids is 4. The molecule has 34 heavy (non-hydrogen) atoms. The van der Waals surface area contributed by atoms with Gasteiger partial charge in [0.1, 0.15) is 16.4 Å². The van der Waals surface area contributed by atoms with E-state index in [0.717, 1.165) is 16.2 Å². The van der Waals surface area contributed by atoms with Gasteiger partial charge in [-0.25, -0.2) is 14.1 Å². The van der Waals surface area contributed by atoms with Gasteiger partial charge in [-0.05, 0) is 57.0 Å². The molecule has 6 rings (SSSR count). The molecule has 0 aliphatic carbocycles. The van der Waals surface area contributed by atoms with Gasteiger partial charge in [0.2, 0.25) is 17.7 Å². The minimum absolute atomic E-state index is 0.186. The molecule has 4 atom stereocenters. The molecule has 1 spiro atoms. The summed E-state index contributed by atoms with van der Waals surface area (Å²) in [5.74, 6) is -4.29. The van der Waals surface area contributed by atoms with Crippen LogP contribution in [0.3, 0.4) is 0 Å². The van der Waals surface area contributed by atoms with Crippen molar-refractivity contribution in [2.75, 3.05) is 23.9 Å². The lowest BCUT2D eigenvalue weighted by Crippen LogP contribution is -2.54. The monoisotopic (exact) mass is 483 g/mol. The molecule has 1 N–H and O–H groups in total. The highest BCUT2D eigenvalue weighted by Crippen LogP contribution is 2.61. The van der Waals surface area contributed by atoms with Gasteiger partial charge in [0, 0.05) is 22.2 Å². The van der Waals surface area contributed by atoms with E-state index < -0.39 is 46.9 Å². The third kappa shape index (κ3) is 2.35. The number of aryl methyl sites for hydroxylation is 1. The van der Waals surface area contributed by atoms with Crippen LogP contribution in [0, 0.1) is 31.5 Å². The number of esters is 1. The van der Waals surface area contributed by atoms with Crippen LogP contribution in [0.4, 0.5) is 15.1 Å². The van der Waals surface area contributed by atoms with Crippen LogP contribution in [0.2, 0.25) is 0 Å². The van der Waals surface area contributed by atoms with E-state index >= 15 is 0 Å². The maximum atomic E-state index is 14.4. The van der Waals surface area contributed by atoms with Crippen molar-refractivity contribution in [1.82, 2.24) is 4.90 Å². The number of rotatable bonds is 2. The average molecular weight is 484 g/mol. The Labute approximate surface area is 198 Å². The van der Waals surface area contributed by atoms with E-state index in [9.17, 15) is 23.6 Å². The molecule has 2 aromatic rings. The lowest BCUT2D eigenvalue weighted by Gasteiger charge is -2.36. The van der Waals surface area contributed by atoms with Crippen molar-refractivity contribution in [2.24, 2.45) is 11.8 Å². The number of anilines is 2. The van der Waals surface area contributed by atoms with Crippen LogP contribution in [0.5, 0.6) is 0 Å². The number of nitrogens with one attached hydrogen (secondary N) is 1. The van der Waals surface area contributed by atoms with Crippen molar-refractivity contribution >= 4 is 45.7 Å². The van der Waals surface area contributed by atoms with Gasteiger partial charge in [-0.2, -0.15) is 0 Å². The number of nitrogens with zero attached hydrogens (tertiary/aromatic N) is 2. The van der Waals surface area contributed by atoms with E-state index in [2.05, 4.69) is 5.32 Å². The Balaban J connectivity index is 1.56. The van der Waals surface area contributed by atoms with Crippen LogP contribution < -0.4 is 10.2 Å². The SMILES string of the molecule is COC(=O)c1c(N2C(=O)C3C4CCCN4C4(C(=O)Nc5ccc(F)cc54)C3C2=O)sc(C)c1C. The number of ether oxygens (including phenoxy) is 1. The molecule has 0 saturated carbocycles. The number of hydrogen-bond donors (Lipinski definition) is 1. The summed E-state index contributed by atoms with van der Waals surface area (Å²) in [6.45, 7) is 4.09.